The normalized spacial score (nSPS) is 14.4. The number of ether oxygens (including phenoxy) is 2. The minimum atomic E-state index is 0.204. The van der Waals surface area contributed by atoms with E-state index in [0.717, 1.165) is 34.2 Å². The lowest BCUT2D eigenvalue weighted by Crippen LogP contribution is -2.34. The summed E-state index contributed by atoms with van der Waals surface area (Å²) in [6.07, 6.45) is 0.761. The molecule has 0 spiro atoms. The van der Waals surface area contributed by atoms with E-state index in [4.69, 9.17) is 19.6 Å². The maximum absolute atomic E-state index is 9.14. The third-order valence-corrected chi connectivity index (χ3v) is 4.90. The van der Waals surface area contributed by atoms with E-state index in [-0.39, 0.29) is 13.4 Å². The number of benzene rings is 1. The van der Waals surface area contributed by atoms with Crippen LogP contribution in [-0.4, -0.2) is 29.5 Å². The van der Waals surface area contributed by atoms with Crippen molar-refractivity contribution in [2.75, 3.05) is 13.4 Å². The molecule has 5 nitrogen and oxygen atoms in total. The monoisotopic (exact) mass is 334 g/mol. The number of nitrogens with zero attached hydrogens (tertiary/aromatic N) is 1. The Labute approximate surface area is 140 Å². The third kappa shape index (κ3) is 3.83. The second-order valence-electron chi connectivity index (χ2n) is 5.96. The van der Waals surface area contributed by atoms with Gasteiger partial charge in [0.15, 0.2) is 11.5 Å². The number of nitrogens with one attached hydrogen (secondary N) is 1. The van der Waals surface area contributed by atoms with Crippen molar-refractivity contribution in [1.29, 1.82) is 0 Å². The summed E-state index contributed by atoms with van der Waals surface area (Å²) in [6.45, 7) is 5.52. The maximum Gasteiger partial charge on any atom is 0.231 e. The molecule has 1 atom stereocenters. The van der Waals surface area contributed by atoms with E-state index in [1.54, 1.807) is 11.3 Å². The standard InChI is InChI=1S/C17H22N2O3S/c1-11(2)14(5-6-20)18-8-13-9-23-17(19-13)12-3-4-15-16(7-12)22-10-21-15/h3-4,7,9,11,14,18,20H,5-6,8,10H2,1-2H3. The number of aromatic nitrogens is 1. The molecular weight excluding hydrogens is 312 g/mol. The predicted octanol–water partition coefficient (Wildman–Crippen LogP) is 3.04. The molecule has 1 aromatic carbocycles. The number of aliphatic hydroxyl groups is 1. The van der Waals surface area contributed by atoms with Crippen molar-refractivity contribution >= 4 is 11.3 Å². The highest BCUT2D eigenvalue weighted by Gasteiger charge is 2.16. The van der Waals surface area contributed by atoms with Gasteiger partial charge in [-0.05, 0) is 30.5 Å². The Balaban J connectivity index is 1.66. The molecule has 3 rings (SSSR count). The summed E-state index contributed by atoms with van der Waals surface area (Å²) in [5, 5.41) is 15.7. The number of thiazole rings is 1. The number of fused-ring (bicyclic) bond motifs is 1. The van der Waals surface area contributed by atoms with Crippen LogP contribution in [0.4, 0.5) is 0 Å². The fourth-order valence-electron chi connectivity index (χ4n) is 2.60. The fraction of sp³-hybridized carbons (Fsp3) is 0.471. The number of hydrogen-bond donors (Lipinski definition) is 2. The minimum absolute atomic E-state index is 0.204. The van der Waals surface area contributed by atoms with Crippen LogP contribution in [0.25, 0.3) is 10.6 Å². The predicted molar refractivity (Wildman–Crippen MR) is 90.8 cm³/mol. The van der Waals surface area contributed by atoms with Crippen molar-refractivity contribution in [2.24, 2.45) is 5.92 Å². The van der Waals surface area contributed by atoms with Gasteiger partial charge in [0.05, 0.1) is 5.69 Å². The first kappa shape index (κ1) is 16.2. The third-order valence-electron chi connectivity index (χ3n) is 3.96. The van der Waals surface area contributed by atoms with Gasteiger partial charge < -0.3 is 19.9 Å². The Hall–Kier alpha value is -1.63. The van der Waals surface area contributed by atoms with E-state index in [1.165, 1.54) is 0 Å². The largest absolute Gasteiger partial charge is 0.454 e. The first-order valence-corrected chi connectivity index (χ1v) is 8.74. The number of aliphatic hydroxyl groups excluding tert-OH is 1. The van der Waals surface area contributed by atoms with Crippen LogP contribution in [0.3, 0.4) is 0 Å². The highest BCUT2D eigenvalue weighted by molar-refractivity contribution is 7.13. The fourth-order valence-corrected chi connectivity index (χ4v) is 3.41. The zero-order valence-electron chi connectivity index (χ0n) is 13.4. The molecular formula is C17H22N2O3S. The second-order valence-corrected chi connectivity index (χ2v) is 6.81. The SMILES string of the molecule is CC(C)C(CCO)NCc1csc(-c2ccc3c(c2)OCO3)n1. The van der Waals surface area contributed by atoms with Gasteiger partial charge in [0.2, 0.25) is 6.79 Å². The van der Waals surface area contributed by atoms with Crippen molar-refractivity contribution in [3.63, 3.8) is 0 Å². The Morgan fingerprint density at radius 3 is 2.91 bits per heavy atom. The van der Waals surface area contributed by atoms with Crippen molar-refractivity contribution in [3.8, 4) is 22.1 Å². The summed E-state index contributed by atoms with van der Waals surface area (Å²) in [5.74, 6) is 2.05. The zero-order chi connectivity index (χ0) is 16.2. The van der Waals surface area contributed by atoms with Crippen LogP contribution in [-0.2, 0) is 6.54 Å². The average Bonchev–Trinajstić information content (AvgIpc) is 3.19. The van der Waals surface area contributed by atoms with Gasteiger partial charge in [0.1, 0.15) is 5.01 Å². The first-order valence-electron chi connectivity index (χ1n) is 7.86. The molecule has 1 aromatic heterocycles. The van der Waals surface area contributed by atoms with E-state index >= 15 is 0 Å². The van der Waals surface area contributed by atoms with E-state index in [0.29, 0.717) is 18.5 Å². The topological polar surface area (TPSA) is 63.6 Å². The summed E-state index contributed by atoms with van der Waals surface area (Å²) in [7, 11) is 0. The van der Waals surface area contributed by atoms with Crippen LogP contribution in [0.1, 0.15) is 26.0 Å². The summed E-state index contributed by atoms with van der Waals surface area (Å²) in [5.41, 5.74) is 2.06. The number of hydrogen-bond acceptors (Lipinski definition) is 6. The highest BCUT2D eigenvalue weighted by atomic mass is 32.1. The molecule has 0 aliphatic carbocycles. The van der Waals surface area contributed by atoms with Gasteiger partial charge in [0, 0.05) is 30.1 Å². The molecule has 0 saturated heterocycles. The lowest BCUT2D eigenvalue weighted by Gasteiger charge is -2.20. The average molecular weight is 334 g/mol. The van der Waals surface area contributed by atoms with Gasteiger partial charge in [-0.25, -0.2) is 4.98 Å². The van der Waals surface area contributed by atoms with Gasteiger partial charge in [-0.15, -0.1) is 11.3 Å². The van der Waals surface area contributed by atoms with E-state index < -0.39 is 0 Å². The second kappa shape index (κ2) is 7.29. The number of rotatable bonds is 7. The molecule has 0 saturated carbocycles. The lowest BCUT2D eigenvalue weighted by atomic mass is 10.0. The minimum Gasteiger partial charge on any atom is -0.454 e. The molecule has 0 amide bonds. The van der Waals surface area contributed by atoms with Crippen LogP contribution in [0.2, 0.25) is 0 Å². The summed E-state index contributed by atoms with van der Waals surface area (Å²) >= 11 is 1.62. The molecule has 23 heavy (non-hydrogen) atoms. The Kier molecular flexibility index (Phi) is 5.15. The molecule has 1 aliphatic heterocycles. The van der Waals surface area contributed by atoms with Gasteiger partial charge in [-0.3, -0.25) is 0 Å². The smallest absolute Gasteiger partial charge is 0.231 e. The van der Waals surface area contributed by atoms with E-state index in [1.807, 2.05) is 18.2 Å². The van der Waals surface area contributed by atoms with Crippen LogP contribution in [0, 0.1) is 5.92 Å². The summed E-state index contributed by atoms with van der Waals surface area (Å²) < 4.78 is 10.8. The summed E-state index contributed by atoms with van der Waals surface area (Å²) in [4.78, 5) is 4.69. The molecule has 0 bridgehead atoms. The molecule has 2 heterocycles. The van der Waals surface area contributed by atoms with Gasteiger partial charge in [0.25, 0.3) is 0 Å². The molecule has 2 N–H and O–H groups in total. The molecule has 1 aliphatic rings. The lowest BCUT2D eigenvalue weighted by molar-refractivity contribution is 0.174. The zero-order valence-corrected chi connectivity index (χ0v) is 14.2. The molecule has 1 unspecified atom stereocenters. The molecule has 2 aromatic rings. The quantitative estimate of drug-likeness (QED) is 0.815. The van der Waals surface area contributed by atoms with Crippen molar-refractivity contribution in [1.82, 2.24) is 10.3 Å². The van der Waals surface area contributed by atoms with Crippen LogP contribution in [0.15, 0.2) is 23.6 Å². The molecule has 124 valence electrons. The van der Waals surface area contributed by atoms with Crippen LogP contribution < -0.4 is 14.8 Å². The van der Waals surface area contributed by atoms with Crippen molar-refractivity contribution < 1.29 is 14.6 Å². The van der Waals surface area contributed by atoms with Crippen LogP contribution >= 0.6 is 11.3 Å². The molecule has 0 fully saturated rings. The van der Waals surface area contributed by atoms with Crippen molar-refractivity contribution in [3.05, 3.63) is 29.3 Å². The Morgan fingerprint density at radius 1 is 1.30 bits per heavy atom. The highest BCUT2D eigenvalue weighted by Crippen LogP contribution is 2.36. The molecule has 6 heteroatoms. The van der Waals surface area contributed by atoms with Crippen LogP contribution in [0.5, 0.6) is 11.5 Å². The van der Waals surface area contributed by atoms with Gasteiger partial charge in [-0.1, -0.05) is 13.8 Å². The first-order chi connectivity index (χ1) is 11.2. The maximum atomic E-state index is 9.14. The van der Waals surface area contributed by atoms with Gasteiger partial charge in [-0.2, -0.15) is 0 Å². The van der Waals surface area contributed by atoms with Crippen molar-refractivity contribution in [2.45, 2.75) is 32.9 Å². The Morgan fingerprint density at radius 2 is 2.13 bits per heavy atom. The van der Waals surface area contributed by atoms with E-state index in [2.05, 4.69) is 24.5 Å². The summed E-state index contributed by atoms with van der Waals surface area (Å²) in [6, 6.07) is 6.20. The van der Waals surface area contributed by atoms with Gasteiger partial charge >= 0.3 is 0 Å². The van der Waals surface area contributed by atoms with E-state index in [9.17, 15) is 0 Å². The molecule has 0 radical (unpaired) electrons. The Bertz CT molecular complexity index is 657.